The summed E-state index contributed by atoms with van der Waals surface area (Å²) in [4.78, 5) is 55.4. The lowest BCUT2D eigenvalue weighted by atomic mass is 9.92. The second-order valence-electron chi connectivity index (χ2n) is 10.5. The van der Waals surface area contributed by atoms with Crippen LogP contribution in [-0.4, -0.2) is 58.8 Å². The largest absolute Gasteiger partial charge is 0.486 e. The van der Waals surface area contributed by atoms with Crippen molar-refractivity contribution >= 4 is 40.3 Å². The van der Waals surface area contributed by atoms with Gasteiger partial charge in [0.25, 0.3) is 0 Å². The predicted octanol–water partition coefficient (Wildman–Crippen LogP) is 4.11. The summed E-state index contributed by atoms with van der Waals surface area (Å²) < 4.78 is 16.7. The summed E-state index contributed by atoms with van der Waals surface area (Å²) in [7, 11) is 0. The summed E-state index contributed by atoms with van der Waals surface area (Å²) >= 11 is 0.944. The molecule has 0 unspecified atom stereocenters. The number of carboxylic acids is 1. The number of benzene rings is 2. The minimum absolute atomic E-state index is 0.0622. The van der Waals surface area contributed by atoms with Gasteiger partial charge in [-0.05, 0) is 44.0 Å². The molecule has 2 aromatic carbocycles. The predicted molar refractivity (Wildman–Crippen MR) is 154 cm³/mol. The maximum atomic E-state index is 13.9. The first-order valence-corrected chi connectivity index (χ1v) is 14.0. The molecule has 4 N–H and O–H groups in total. The van der Waals surface area contributed by atoms with Crippen LogP contribution in [0, 0.1) is 0 Å². The highest BCUT2D eigenvalue weighted by atomic mass is 32.1. The summed E-state index contributed by atoms with van der Waals surface area (Å²) in [5.74, 6) is -2.16. The molecule has 0 spiro atoms. The van der Waals surface area contributed by atoms with E-state index >= 15 is 0 Å². The van der Waals surface area contributed by atoms with Crippen LogP contribution in [0.1, 0.15) is 61.3 Å². The van der Waals surface area contributed by atoms with Gasteiger partial charge >= 0.3 is 12.1 Å². The number of nitrogens with zero attached hydrogens (tertiary/aromatic N) is 1. The molecule has 0 fully saturated rings. The summed E-state index contributed by atoms with van der Waals surface area (Å²) in [6.07, 6.45) is -0.835. The molecule has 12 nitrogen and oxygen atoms in total. The molecule has 1 aliphatic rings. The third-order valence-corrected chi connectivity index (χ3v) is 6.94. The molecule has 2 heterocycles. The zero-order chi connectivity index (χ0) is 30.4. The highest BCUT2D eigenvalue weighted by Crippen LogP contribution is 2.33. The molecular weight excluding hydrogens is 564 g/mol. The Morgan fingerprint density at radius 1 is 0.952 bits per heavy atom. The van der Waals surface area contributed by atoms with Gasteiger partial charge in [0.05, 0.1) is 0 Å². The van der Waals surface area contributed by atoms with E-state index in [9.17, 15) is 24.3 Å². The molecule has 0 radical (unpaired) electrons. The van der Waals surface area contributed by atoms with Crippen molar-refractivity contribution in [1.29, 1.82) is 0 Å². The molecule has 42 heavy (non-hydrogen) atoms. The van der Waals surface area contributed by atoms with Crippen LogP contribution in [-0.2, 0) is 14.3 Å². The smallest absolute Gasteiger partial charge is 0.408 e. The molecule has 0 aliphatic carbocycles. The van der Waals surface area contributed by atoms with Gasteiger partial charge in [0.15, 0.2) is 22.3 Å². The summed E-state index contributed by atoms with van der Waals surface area (Å²) in [5.41, 5.74) is 0.0941. The Bertz CT molecular complexity index is 1450. The highest BCUT2D eigenvalue weighted by molar-refractivity contribution is 7.14. The van der Waals surface area contributed by atoms with Gasteiger partial charge in [-0.25, -0.2) is 14.6 Å². The van der Waals surface area contributed by atoms with E-state index in [0.717, 1.165) is 16.9 Å². The second-order valence-corrected chi connectivity index (χ2v) is 11.4. The Morgan fingerprint density at radius 3 is 2.29 bits per heavy atom. The van der Waals surface area contributed by atoms with Crippen molar-refractivity contribution in [3.63, 3.8) is 0 Å². The van der Waals surface area contributed by atoms with Crippen LogP contribution < -0.4 is 25.4 Å². The third-order valence-electron chi connectivity index (χ3n) is 6.18. The van der Waals surface area contributed by atoms with Gasteiger partial charge < -0.3 is 35.3 Å². The number of carbonyl (C=O) groups excluding carboxylic acids is 3. The zero-order valence-electron chi connectivity index (χ0n) is 23.5. The first-order chi connectivity index (χ1) is 19.9. The first kappa shape index (κ1) is 30.3. The van der Waals surface area contributed by atoms with Crippen LogP contribution >= 0.6 is 11.3 Å². The van der Waals surface area contributed by atoms with E-state index in [1.54, 1.807) is 45.9 Å². The van der Waals surface area contributed by atoms with Crippen molar-refractivity contribution in [2.45, 2.75) is 51.3 Å². The van der Waals surface area contributed by atoms with Gasteiger partial charge in [-0.15, -0.1) is 11.3 Å². The molecule has 4 rings (SSSR count). The minimum Gasteiger partial charge on any atom is -0.486 e. The minimum atomic E-state index is -1.27. The Morgan fingerprint density at radius 2 is 1.64 bits per heavy atom. The van der Waals surface area contributed by atoms with E-state index in [0.29, 0.717) is 30.3 Å². The molecular formula is C29H32N4O8S. The number of amides is 3. The van der Waals surface area contributed by atoms with Crippen LogP contribution in [0.4, 0.5) is 9.93 Å². The molecule has 3 atom stereocenters. The van der Waals surface area contributed by atoms with Gasteiger partial charge in [-0.2, -0.15) is 0 Å². The fourth-order valence-corrected chi connectivity index (χ4v) is 4.87. The summed E-state index contributed by atoms with van der Waals surface area (Å²) in [5, 5.41) is 18.6. The topological polar surface area (TPSA) is 165 Å². The number of nitrogens with one attached hydrogen (secondary N) is 3. The van der Waals surface area contributed by atoms with Crippen molar-refractivity contribution in [3.05, 3.63) is 70.7 Å². The molecule has 13 heteroatoms. The number of hydrogen-bond acceptors (Lipinski definition) is 9. The van der Waals surface area contributed by atoms with Crippen molar-refractivity contribution in [3.8, 4) is 11.5 Å². The van der Waals surface area contributed by atoms with Crippen LogP contribution in [0.3, 0.4) is 0 Å². The van der Waals surface area contributed by atoms with Crippen LogP contribution in [0.15, 0.2) is 53.9 Å². The van der Waals surface area contributed by atoms with E-state index in [-0.39, 0.29) is 10.8 Å². The monoisotopic (exact) mass is 596 g/mol. The zero-order valence-corrected chi connectivity index (χ0v) is 24.3. The van der Waals surface area contributed by atoms with Crippen LogP contribution in [0.2, 0.25) is 0 Å². The highest BCUT2D eigenvalue weighted by Gasteiger charge is 2.34. The quantitative estimate of drug-likeness (QED) is 0.284. The number of thiazole rings is 1. The number of aromatic nitrogens is 1. The average Bonchev–Trinajstić information content (AvgIpc) is 3.42. The lowest BCUT2D eigenvalue weighted by Gasteiger charge is -2.28. The van der Waals surface area contributed by atoms with Crippen molar-refractivity contribution in [2.75, 3.05) is 18.5 Å². The number of aromatic carboxylic acids is 1. The number of carbonyl (C=O) groups is 4. The van der Waals surface area contributed by atoms with Crippen molar-refractivity contribution in [1.82, 2.24) is 15.6 Å². The maximum Gasteiger partial charge on any atom is 0.408 e. The second kappa shape index (κ2) is 12.9. The van der Waals surface area contributed by atoms with Crippen LogP contribution in [0.25, 0.3) is 0 Å². The number of rotatable bonds is 9. The summed E-state index contributed by atoms with van der Waals surface area (Å²) in [6.45, 7) is 7.56. The van der Waals surface area contributed by atoms with Crippen LogP contribution in [0.5, 0.6) is 11.5 Å². The number of fused-ring (bicyclic) bond motifs is 1. The Kier molecular flexibility index (Phi) is 9.31. The van der Waals surface area contributed by atoms with E-state index in [1.807, 2.05) is 30.3 Å². The number of anilines is 1. The fourth-order valence-electron chi connectivity index (χ4n) is 4.18. The molecule has 3 aromatic rings. The summed E-state index contributed by atoms with van der Waals surface area (Å²) in [6, 6.07) is 11.5. The average molecular weight is 597 g/mol. The fraction of sp³-hybridized carbons (Fsp3) is 0.345. The van der Waals surface area contributed by atoms with Crippen molar-refractivity contribution in [2.24, 2.45) is 0 Å². The van der Waals surface area contributed by atoms with E-state index in [1.165, 1.54) is 5.38 Å². The van der Waals surface area contributed by atoms with Gasteiger partial charge in [0.1, 0.15) is 30.9 Å². The molecule has 1 aromatic heterocycles. The van der Waals surface area contributed by atoms with E-state index in [4.69, 9.17) is 14.2 Å². The third kappa shape index (κ3) is 7.75. The molecule has 0 saturated heterocycles. The molecule has 0 bridgehead atoms. The van der Waals surface area contributed by atoms with Gasteiger partial charge in [-0.1, -0.05) is 43.3 Å². The SMILES string of the molecule is C[C@@H](c1ccccc1)[C@H](NC(=O)[C@H](NC(=O)OC(C)(C)C)c1ccc2c(c1)OCCO2)C(=O)Nc1nc(C(=O)O)cs1. The van der Waals surface area contributed by atoms with Crippen molar-refractivity contribution < 1.29 is 38.5 Å². The Labute approximate surface area is 246 Å². The molecule has 3 amide bonds. The number of hydrogen-bond donors (Lipinski definition) is 4. The van der Waals surface area contributed by atoms with Gasteiger partial charge in [-0.3, -0.25) is 9.59 Å². The Hall–Kier alpha value is -4.65. The molecule has 1 aliphatic heterocycles. The van der Waals surface area contributed by atoms with E-state index < -0.39 is 47.5 Å². The standard InChI is InChI=1S/C29H32N4O8S/c1-16(17-8-6-5-7-9-17)22(24(34)33-27-30-19(15-42-27)26(36)37)31-25(35)23(32-28(38)41-29(2,3)4)18-10-11-20-21(14-18)40-13-12-39-20/h5-11,14-16,22-23H,12-13H2,1-4H3,(H,31,35)(H,32,38)(H,36,37)(H,30,33,34)/t16-,22-,23+/m0/s1. The first-order valence-electron chi connectivity index (χ1n) is 13.2. The molecule has 0 saturated carbocycles. The Balaban J connectivity index is 1.65. The normalized spacial score (nSPS) is 14.6. The maximum absolute atomic E-state index is 13.9. The van der Waals surface area contributed by atoms with E-state index in [2.05, 4.69) is 20.9 Å². The lowest BCUT2D eigenvalue weighted by Crippen LogP contribution is -2.51. The van der Waals surface area contributed by atoms with Gasteiger partial charge in [0, 0.05) is 11.3 Å². The molecule has 222 valence electrons. The van der Waals surface area contributed by atoms with Gasteiger partial charge in [0.2, 0.25) is 11.8 Å². The number of carboxylic acid groups (broad SMARTS) is 1. The number of alkyl carbamates (subject to hydrolysis) is 1. The lowest BCUT2D eigenvalue weighted by molar-refractivity contribution is -0.128. The number of ether oxygens (including phenoxy) is 3.